The zero-order valence-corrected chi connectivity index (χ0v) is 20.3. The summed E-state index contributed by atoms with van der Waals surface area (Å²) in [5.74, 6) is 0.0136. The Balaban J connectivity index is 1.52. The maximum absolute atomic E-state index is 12.6. The lowest BCUT2D eigenvalue weighted by atomic mass is 10.2. The zero-order chi connectivity index (χ0) is 24.1. The fraction of sp³-hybridized carbons (Fsp3) is 0.409. The molecule has 0 unspecified atom stereocenters. The molecule has 1 heterocycles. The number of benzene rings is 2. The van der Waals surface area contributed by atoms with Crippen LogP contribution in [0.4, 0.5) is 5.69 Å². The number of sulfonamides is 2. The Kier molecular flexibility index (Phi) is 7.98. The molecule has 2 aromatic rings. The summed E-state index contributed by atoms with van der Waals surface area (Å²) >= 11 is 0. The molecule has 1 aliphatic heterocycles. The Morgan fingerprint density at radius 1 is 1.03 bits per heavy atom. The first-order valence-electron chi connectivity index (χ1n) is 10.7. The van der Waals surface area contributed by atoms with Gasteiger partial charge < -0.3 is 10.1 Å². The second-order valence-electron chi connectivity index (χ2n) is 7.79. The van der Waals surface area contributed by atoms with E-state index in [2.05, 4.69) is 5.32 Å². The van der Waals surface area contributed by atoms with Crippen LogP contribution < -0.4 is 14.4 Å². The molecule has 1 fully saturated rings. The van der Waals surface area contributed by atoms with Crippen LogP contribution in [0.2, 0.25) is 0 Å². The number of rotatable bonds is 10. The summed E-state index contributed by atoms with van der Waals surface area (Å²) in [5, 5.41) is 2.68. The lowest BCUT2D eigenvalue weighted by Crippen LogP contribution is -2.48. The van der Waals surface area contributed by atoms with Crippen LogP contribution in [0.25, 0.3) is 0 Å². The first-order chi connectivity index (χ1) is 15.6. The number of carbonyl (C=O) groups excluding carboxylic acids is 1. The topological polar surface area (TPSA) is 113 Å². The third-order valence-corrected chi connectivity index (χ3v) is 8.45. The van der Waals surface area contributed by atoms with Crippen LogP contribution >= 0.6 is 0 Å². The van der Waals surface area contributed by atoms with Crippen LogP contribution in [0.5, 0.6) is 5.75 Å². The second kappa shape index (κ2) is 10.5. The fourth-order valence-electron chi connectivity index (χ4n) is 3.66. The minimum atomic E-state index is -3.67. The summed E-state index contributed by atoms with van der Waals surface area (Å²) < 4.78 is 57.8. The van der Waals surface area contributed by atoms with Crippen molar-refractivity contribution in [1.82, 2.24) is 9.62 Å². The van der Waals surface area contributed by atoms with Crippen molar-refractivity contribution in [2.24, 2.45) is 0 Å². The Morgan fingerprint density at radius 3 is 2.21 bits per heavy atom. The van der Waals surface area contributed by atoms with Crippen LogP contribution in [0.15, 0.2) is 59.5 Å². The largest absolute Gasteiger partial charge is 0.492 e. The molecule has 2 aromatic carbocycles. The number of carbonyl (C=O) groups is 1. The van der Waals surface area contributed by atoms with Gasteiger partial charge in [-0.2, -0.15) is 4.31 Å². The minimum absolute atomic E-state index is 0.140. The molecule has 1 amide bonds. The van der Waals surface area contributed by atoms with Crippen molar-refractivity contribution in [1.29, 1.82) is 0 Å². The van der Waals surface area contributed by atoms with E-state index in [4.69, 9.17) is 4.74 Å². The standard InChI is InChI=1S/C22H29N3O6S2/c1-18(25(32(2,27)28)19-8-4-3-5-9-19)22(26)23-14-17-31-20-10-12-21(13-11-20)33(29,30)24-15-6-7-16-24/h3-5,8-13,18H,6-7,14-17H2,1-2H3,(H,23,26)/t18-/m1/s1. The summed E-state index contributed by atoms with van der Waals surface area (Å²) in [6.45, 7) is 2.90. The quantitative estimate of drug-likeness (QED) is 0.503. The number of hydrogen-bond acceptors (Lipinski definition) is 6. The van der Waals surface area contributed by atoms with E-state index in [0.717, 1.165) is 23.4 Å². The number of anilines is 1. The molecule has 1 saturated heterocycles. The fourth-order valence-corrected chi connectivity index (χ4v) is 6.35. The molecule has 33 heavy (non-hydrogen) atoms. The highest BCUT2D eigenvalue weighted by atomic mass is 32.2. The van der Waals surface area contributed by atoms with Gasteiger partial charge in [-0.15, -0.1) is 0 Å². The molecule has 9 nitrogen and oxygen atoms in total. The van der Waals surface area contributed by atoms with Gasteiger partial charge in [0.1, 0.15) is 18.4 Å². The first kappa shape index (κ1) is 25.0. The molecule has 1 atom stereocenters. The predicted molar refractivity (Wildman–Crippen MR) is 126 cm³/mol. The molecule has 0 aromatic heterocycles. The molecule has 180 valence electrons. The number of nitrogens with one attached hydrogen (secondary N) is 1. The van der Waals surface area contributed by atoms with Gasteiger partial charge in [-0.3, -0.25) is 9.10 Å². The summed E-state index contributed by atoms with van der Waals surface area (Å²) in [4.78, 5) is 12.8. The molecule has 3 rings (SSSR count). The van der Waals surface area contributed by atoms with Gasteiger partial charge in [-0.05, 0) is 56.2 Å². The molecule has 1 aliphatic rings. The number of ether oxygens (including phenoxy) is 1. The SMILES string of the molecule is C[C@H](C(=O)NCCOc1ccc(S(=O)(=O)N2CCCC2)cc1)N(c1ccccc1)S(C)(=O)=O. The normalized spacial score (nSPS) is 15.7. The molecule has 0 bridgehead atoms. The van der Waals surface area contributed by atoms with E-state index in [9.17, 15) is 21.6 Å². The van der Waals surface area contributed by atoms with Crippen molar-refractivity contribution in [3.63, 3.8) is 0 Å². The van der Waals surface area contributed by atoms with Crippen LogP contribution in [0.3, 0.4) is 0 Å². The maximum Gasteiger partial charge on any atom is 0.243 e. The van der Waals surface area contributed by atoms with Crippen LogP contribution in [0, 0.1) is 0 Å². The van der Waals surface area contributed by atoms with Gasteiger partial charge >= 0.3 is 0 Å². The van der Waals surface area contributed by atoms with E-state index < -0.39 is 32.0 Å². The lowest BCUT2D eigenvalue weighted by Gasteiger charge is -2.28. The highest BCUT2D eigenvalue weighted by molar-refractivity contribution is 7.92. The monoisotopic (exact) mass is 495 g/mol. The van der Waals surface area contributed by atoms with Gasteiger partial charge in [0.05, 0.1) is 23.4 Å². The molecular formula is C22H29N3O6S2. The van der Waals surface area contributed by atoms with E-state index in [1.54, 1.807) is 42.5 Å². The Morgan fingerprint density at radius 2 is 1.64 bits per heavy atom. The Bertz CT molecular complexity index is 1150. The molecule has 0 aliphatic carbocycles. The Labute approximate surface area is 195 Å². The number of hydrogen-bond donors (Lipinski definition) is 1. The predicted octanol–water partition coefficient (Wildman–Crippen LogP) is 1.82. The molecule has 0 radical (unpaired) electrons. The summed E-state index contributed by atoms with van der Waals surface area (Å²) in [6.07, 6.45) is 2.80. The third kappa shape index (κ3) is 6.24. The van der Waals surface area contributed by atoms with Gasteiger partial charge in [-0.25, -0.2) is 16.8 Å². The molecule has 1 N–H and O–H groups in total. The molecule has 0 saturated carbocycles. The van der Waals surface area contributed by atoms with E-state index in [0.29, 0.717) is 24.5 Å². The van der Waals surface area contributed by atoms with Gasteiger partial charge in [0.15, 0.2) is 0 Å². The summed E-state index contributed by atoms with van der Waals surface area (Å²) in [6, 6.07) is 13.6. The van der Waals surface area contributed by atoms with Gasteiger partial charge in [0, 0.05) is 13.1 Å². The van der Waals surface area contributed by atoms with Gasteiger partial charge in [0.2, 0.25) is 26.0 Å². The summed E-state index contributed by atoms with van der Waals surface area (Å²) in [7, 11) is -7.15. The third-order valence-electron chi connectivity index (χ3n) is 5.30. The molecular weight excluding hydrogens is 466 g/mol. The number of nitrogens with zero attached hydrogens (tertiary/aromatic N) is 2. The lowest BCUT2D eigenvalue weighted by molar-refractivity contribution is -0.121. The van der Waals surface area contributed by atoms with Crippen molar-refractivity contribution in [3.05, 3.63) is 54.6 Å². The number of amides is 1. The average Bonchev–Trinajstić information content (AvgIpc) is 3.33. The van der Waals surface area contributed by atoms with E-state index in [1.807, 2.05) is 0 Å². The smallest absolute Gasteiger partial charge is 0.243 e. The minimum Gasteiger partial charge on any atom is -0.492 e. The van der Waals surface area contributed by atoms with Crippen molar-refractivity contribution in [3.8, 4) is 5.75 Å². The van der Waals surface area contributed by atoms with Crippen molar-refractivity contribution in [2.45, 2.75) is 30.7 Å². The maximum atomic E-state index is 12.6. The van der Waals surface area contributed by atoms with Crippen molar-refractivity contribution in [2.75, 3.05) is 36.8 Å². The Hall–Kier alpha value is -2.63. The van der Waals surface area contributed by atoms with Crippen LogP contribution in [0.1, 0.15) is 19.8 Å². The average molecular weight is 496 g/mol. The first-order valence-corrected chi connectivity index (χ1v) is 13.9. The van der Waals surface area contributed by atoms with E-state index >= 15 is 0 Å². The second-order valence-corrected chi connectivity index (χ2v) is 11.6. The van der Waals surface area contributed by atoms with Gasteiger partial charge in [0.25, 0.3) is 0 Å². The van der Waals surface area contributed by atoms with Gasteiger partial charge in [-0.1, -0.05) is 18.2 Å². The molecule has 0 spiro atoms. The van der Waals surface area contributed by atoms with Crippen molar-refractivity contribution >= 4 is 31.6 Å². The highest BCUT2D eigenvalue weighted by Crippen LogP contribution is 2.23. The van der Waals surface area contributed by atoms with Crippen LogP contribution in [-0.2, 0) is 24.8 Å². The highest BCUT2D eigenvalue weighted by Gasteiger charge is 2.29. The number of para-hydroxylation sites is 1. The van der Waals surface area contributed by atoms with E-state index in [1.165, 1.54) is 23.4 Å². The van der Waals surface area contributed by atoms with E-state index in [-0.39, 0.29) is 18.0 Å². The van der Waals surface area contributed by atoms with Crippen LogP contribution in [-0.4, -0.2) is 65.6 Å². The summed E-state index contributed by atoms with van der Waals surface area (Å²) in [5.41, 5.74) is 0.405. The van der Waals surface area contributed by atoms with Crippen molar-refractivity contribution < 1.29 is 26.4 Å². The molecule has 11 heteroatoms. The zero-order valence-electron chi connectivity index (χ0n) is 18.7.